The summed E-state index contributed by atoms with van der Waals surface area (Å²) < 4.78 is 46.0. The van der Waals surface area contributed by atoms with Crippen LogP contribution in [0.1, 0.15) is 43.6 Å². The number of methoxy groups -OCH3 is 1. The number of nitrogens with zero attached hydrogens (tertiary/aromatic N) is 1. The minimum Gasteiger partial charge on any atom is -0.497 e. The van der Waals surface area contributed by atoms with E-state index >= 15 is 0 Å². The first-order valence-corrected chi connectivity index (χ1v) is 13.9. The van der Waals surface area contributed by atoms with Crippen LogP contribution in [0, 0.1) is 0 Å². The molecular weight excluding hydrogens is 484 g/mol. The molecule has 3 heterocycles. The molecular formula is C26H32N2O7S. The molecule has 1 amide bonds. The molecule has 0 bridgehead atoms. The third-order valence-corrected chi connectivity index (χ3v) is 8.59. The third-order valence-electron chi connectivity index (χ3n) is 7.21. The standard InChI is InChI=1S/C26H32N2O7S/c1-33-18-6-5-7-20(13-18)36(31,32)27-17-8-9-23-21(12-17)22-14-19(34-24(16-29)26(22)35-23)15-25(30)28-10-3-2-4-11-28/h5-9,12-13,19,22,24,26-27,29H,2-4,10-11,14-16H2,1H3/t19-,22+,24-,26-/m1/s1. The first-order valence-electron chi connectivity index (χ1n) is 12.4. The molecule has 10 heteroatoms. The van der Waals surface area contributed by atoms with Crippen LogP contribution in [0.3, 0.4) is 0 Å². The summed E-state index contributed by atoms with van der Waals surface area (Å²) >= 11 is 0. The monoisotopic (exact) mass is 516 g/mol. The van der Waals surface area contributed by atoms with Gasteiger partial charge in [0.1, 0.15) is 23.7 Å². The van der Waals surface area contributed by atoms with Crippen LogP contribution in [0.5, 0.6) is 11.5 Å². The summed E-state index contributed by atoms with van der Waals surface area (Å²) in [6.45, 7) is 1.34. The number of carbonyl (C=O) groups is 1. The molecule has 0 saturated carbocycles. The number of sulfonamides is 1. The van der Waals surface area contributed by atoms with Crippen molar-refractivity contribution in [3.8, 4) is 11.5 Å². The summed E-state index contributed by atoms with van der Waals surface area (Å²) in [7, 11) is -2.35. The molecule has 194 valence electrons. The van der Waals surface area contributed by atoms with E-state index in [0.29, 0.717) is 23.6 Å². The zero-order chi connectivity index (χ0) is 25.3. The second-order valence-corrected chi connectivity index (χ2v) is 11.3. The molecule has 3 aliphatic heterocycles. The van der Waals surface area contributed by atoms with Gasteiger partial charge in [0.05, 0.1) is 31.1 Å². The molecule has 0 radical (unpaired) electrons. The van der Waals surface area contributed by atoms with E-state index in [1.807, 2.05) is 4.90 Å². The summed E-state index contributed by atoms with van der Waals surface area (Å²) in [6, 6.07) is 11.4. The van der Waals surface area contributed by atoms with Gasteiger partial charge in [-0.15, -0.1) is 0 Å². The van der Waals surface area contributed by atoms with Crippen LogP contribution in [-0.4, -0.2) is 69.4 Å². The highest BCUT2D eigenvalue weighted by molar-refractivity contribution is 7.92. The van der Waals surface area contributed by atoms with E-state index in [0.717, 1.165) is 37.9 Å². The summed E-state index contributed by atoms with van der Waals surface area (Å²) in [5.41, 5.74) is 1.26. The number of aliphatic hydroxyl groups is 1. The van der Waals surface area contributed by atoms with E-state index in [1.54, 1.807) is 30.3 Å². The predicted octanol–water partition coefficient (Wildman–Crippen LogP) is 2.89. The van der Waals surface area contributed by atoms with E-state index in [2.05, 4.69) is 4.72 Å². The Balaban J connectivity index is 1.34. The van der Waals surface area contributed by atoms with Crippen molar-refractivity contribution in [2.75, 3.05) is 31.5 Å². The number of hydrogen-bond donors (Lipinski definition) is 2. The average Bonchev–Trinajstić information content (AvgIpc) is 3.26. The lowest BCUT2D eigenvalue weighted by molar-refractivity contribution is -0.149. The quantitative estimate of drug-likeness (QED) is 0.582. The second-order valence-electron chi connectivity index (χ2n) is 9.59. The van der Waals surface area contributed by atoms with Gasteiger partial charge in [-0.3, -0.25) is 9.52 Å². The number of piperidine rings is 1. The number of rotatable bonds is 7. The van der Waals surface area contributed by atoms with Crippen molar-refractivity contribution in [3.63, 3.8) is 0 Å². The topological polar surface area (TPSA) is 114 Å². The molecule has 0 aromatic heterocycles. The number of amides is 1. The van der Waals surface area contributed by atoms with E-state index in [4.69, 9.17) is 14.2 Å². The average molecular weight is 517 g/mol. The highest BCUT2D eigenvalue weighted by atomic mass is 32.2. The second kappa shape index (κ2) is 10.3. The number of anilines is 1. The highest BCUT2D eigenvalue weighted by Gasteiger charge is 2.46. The third kappa shape index (κ3) is 5.02. The van der Waals surface area contributed by atoms with Crippen molar-refractivity contribution >= 4 is 21.6 Å². The first-order chi connectivity index (χ1) is 17.4. The van der Waals surface area contributed by atoms with Crippen LogP contribution in [0.4, 0.5) is 5.69 Å². The number of fused-ring (bicyclic) bond motifs is 3. The Morgan fingerprint density at radius 3 is 2.72 bits per heavy atom. The molecule has 36 heavy (non-hydrogen) atoms. The Morgan fingerprint density at radius 1 is 1.17 bits per heavy atom. The fourth-order valence-corrected chi connectivity index (χ4v) is 6.49. The Morgan fingerprint density at radius 2 is 1.97 bits per heavy atom. The van der Waals surface area contributed by atoms with Gasteiger partial charge in [-0.1, -0.05) is 6.07 Å². The van der Waals surface area contributed by atoms with Gasteiger partial charge in [-0.05, 0) is 56.0 Å². The lowest BCUT2D eigenvalue weighted by Gasteiger charge is -2.38. The predicted molar refractivity (Wildman–Crippen MR) is 133 cm³/mol. The van der Waals surface area contributed by atoms with Crippen LogP contribution >= 0.6 is 0 Å². The van der Waals surface area contributed by atoms with Gasteiger partial charge in [0.2, 0.25) is 5.91 Å². The minimum absolute atomic E-state index is 0.0776. The maximum Gasteiger partial charge on any atom is 0.262 e. The van der Waals surface area contributed by atoms with E-state index < -0.39 is 22.2 Å². The van der Waals surface area contributed by atoms with E-state index in [9.17, 15) is 18.3 Å². The molecule has 0 spiro atoms. The molecule has 4 atom stereocenters. The first kappa shape index (κ1) is 24.9. The zero-order valence-electron chi connectivity index (χ0n) is 20.3. The number of nitrogens with one attached hydrogen (secondary N) is 1. The maximum atomic E-state index is 13.0. The Kier molecular flexibility index (Phi) is 7.09. The largest absolute Gasteiger partial charge is 0.497 e. The smallest absolute Gasteiger partial charge is 0.262 e. The summed E-state index contributed by atoms with van der Waals surface area (Å²) in [4.78, 5) is 14.9. The number of hydrogen-bond acceptors (Lipinski definition) is 7. The van der Waals surface area contributed by atoms with Gasteiger partial charge in [-0.25, -0.2) is 8.42 Å². The van der Waals surface area contributed by atoms with Gasteiger partial charge >= 0.3 is 0 Å². The van der Waals surface area contributed by atoms with Gasteiger partial charge in [0.25, 0.3) is 10.0 Å². The number of aliphatic hydroxyl groups excluding tert-OH is 1. The summed E-state index contributed by atoms with van der Waals surface area (Å²) in [5, 5.41) is 9.99. The van der Waals surface area contributed by atoms with Crippen LogP contribution in [0.15, 0.2) is 47.4 Å². The Hall–Kier alpha value is -2.82. The fourth-order valence-electron chi connectivity index (χ4n) is 5.40. The van der Waals surface area contributed by atoms with Crippen molar-refractivity contribution in [1.82, 2.24) is 4.90 Å². The Bertz CT molecular complexity index is 1210. The van der Waals surface area contributed by atoms with E-state index in [-0.39, 0.29) is 35.9 Å². The van der Waals surface area contributed by atoms with Gasteiger partial charge in [0, 0.05) is 36.3 Å². The van der Waals surface area contributed by atoms with Crippen molar-refractivity contribution in [3.05, 3.63) is 48.0 Å². The maximum absolute atomic E-state index is 13.0. The molecule has 9 nitrogen and oxygen atoms in total. The highest BCUT2D eigenvalue weighted by Crippen LogP contribution is 2.47. The minimum atomic E-state index is -3.83. The molecule has 2 N–H and O–H groups in total. The van der Waals surface area contributed by atoms with Crippen molar-refractivity contribution in [2.24, 2.45) is 0 Å². The lowest BCUT2D eigenvalue weighted by atomic mass is 9.84. The summed E-state index contributed by atoms with van der Waals surface area (Å²) in [5.74, 6) is 1.05. The van der Waals surface area contributed by atoms with Crippen molar-refractivity contribution in [1.29, 1.82) is 0 Å². The molecule has 3 aliphatic rings. The van der Waals surface area contributed by atoms with Crippen LogP contribution in [0.2, 0.25) is 0 Å². The fraction of sp³-hybridized carbons (Fsp3) is 0.500. The molecule has 2 aromatic carbocycles. The Labute approximate surface area is 211 Å². The number of likely N-dealkylation sites (tertiary alicyclic amines) is 1. The van der Waals surface area contributed by atoms with Gasteiger partial charge in [0.15, 0.2) is 0 Å². The summed E-state index contributed by atoms with van der Waals surface area (Å²) in [6.07, 6.45) is 2.72. The van der Waals surface area contributed by atoms with Crippen LogP contribution in [0.25, 0.3) is 0 Å². The van der Waals surface area contributed by atoms with E-state index in [1.165, 1.54) is 19.2 Å². The molecule has 5 rings (SSSR count). The lowest BCUT2D eigenvalue weighted by Crippen LogP contribution is -2.48. The number of ether oxygens (including phenoxy) is 3. The van der Waals surface area contributed by atoms with Crippen LogP contribution in [-0.2, 0) is 19.6 Å². The van der Waals surface area contributed by atoms with Crippen LogP contribution < -0.4 is 14.2 Å². The molecule has 2 fully saturated rings. The zero-order valence-corrected chi connectivity index (χ0v) is 21.1. The molecule has 0 aliphatic carbocycles. The normalized spacial score (nSPS) is 25.4. The van der Waals surface area contributed by atoms with Crippen molar-refractivity contribution < 1.29 is 32.5 Å². The number of carbonyl (C=O) groups excluding carboxylic acids is 1. The SMILES string of the molecule is COc1cccc(S(=O)(=O)Nc2ccc3c(c2)[C@@H]2C[C@H](CC(=O)N4CCCCC4)O[C@H](CO)[C@@H]2O3)c1. The molecule has 0 unspecified atom stereocenters. The van der Waals surface area contributed by atoms with Gasteiger partial charge < -0.3 is 24.2 Å². The van der Waals surface area contributed by atoms with Crippen molar-refractivity contribution in [2.45, 2.75) is 61.2 Å². The van der Waals surface area contributed by atoms with Gasteiger partial charge in [-0.2, -0.15) is 0 Å². The number of benzene rings is 2. The molecule has 2 aromatic rings. The molecule has 2 saturated heterocycles.